The van der Waals surface area contributed by atoms with Crippen molar-refractivity contribution in [2.24, 2.45) is 5.92 Å². The number of pyridine rings is 1. The molecule has 1 aromatic rings. The lowest BCUT2D eigenvalue weighted by Gasteiger charge is -2.17. The number of hydrogen-bond donors (Lipinski definition) is 2. The molecular formula is C12H17F2N3. The monoisotopic (exact) mass is 241 g/mol. The normalized spacial score (nSPS) is 16.9. The fraction of sp³-hybridized carbons (Fsp3) is 0.583. The first-order chi connectivity index (χ1) is 8.10. The molecule has 5 heteroatoms. The Morgan fingerprint density at radius 3 is 2.76 bits per heavy atom. The summed E-state index contributed by atoms with van der Waals surface area (Å²) in [6, 6.07) is 0.948. The van der Waals surface area contributed by atoms with Gasteiger partial charge in [-0.3, -0.25) is 0 Å². The smallest absolute Gasteiger partial charge is 0.168 e. The van der Waals surface area contributed by atoms with Gasteiger partial charge in [-0.25, -0.2) is 13.8 Å². The summed E-state index contributed by atoms with van der Waals surface area (Å²) < 4.78 is 26.4. The highest BCUT2D eigenvalue weighted by atomic mass is 19.1. The number of hydrogen-bond acceptors (Lipinski definition) is 3. The first-order valence-corrected chi connectivity index (χ1v) is 5.98. The summed E-state index contributed by atoms with van der Waals surface area (Å²) in [5, 5.41) is 3.00. The number of nitrogens with one attached hydrogen (secondary N) is 1. The fourth-order valence-electron chi connectivity index (χ4n) is 1.86. The van der Waals surface area contributed by atoms with Crippen molar-refractivity contribution >= 4 is 11.6 Å². The Bertz CT molecular complexity index is 405. The minimum atomic E-state index is -0.816. The van der Waals surface area contributed by atoms with Crippen molar-refractivity contribution in [3.05, 3.63) is 17.7 Å². The molecule has 3 N–H and O–H groups in total. The first kappa shape index (κ1) is 12.1. The van der Waals surface area contributed by atoms with Crippen molar-refractivity contribution in [1.29, 1.82) is 0 Å². The predicted octanol–water partition coefficient (Wildman–Crippen LogP) is 2.93. The van der Waals surface area contributed by atoms with Crippen LogP contribution in [0, 0.1) is 17.6 Å². The highest BCUT2D eigenvalue weighted by Crippen LogP contribution is 2.34. The Morgan fingerprint density at radius 2 is 2.18 bits per heavy atom. The number of halogens is 2. The number of nitrogen functional groups attached to an aromatic ring is 1. The van der Waals surface area contributed by atoms with Gasteiger partial charge in [0.05, 0.1) is 0 Å². The van der Waals surface area contributed by atoms with E-state index in [-0.39, 0.29) is 17.7 Å². The van der Waals surface area contributed by atoms with Crippen LogP contribution in [0.2, 0.25) is 0 Å². The van der Waals surface area contributed by atoms with Crippen LogP contribution in [0.4, 0.5) is 20.4 Å². The Labute approximate surface area is 99.4 Å². The van der Waals surface area contributed by atoms with Gasteiger partial charge in [0.2, 0.25) is 0 Å². The van der Waals surface area contributed by atoms with Crippen molar-refractivity contribution in [3.63, 3.8) is 0 Å². The van der Waals surface area contributed by atoms with Gasteiger partial charge >= 0.3 is 0 Å². The molecule has 0 spiro atoms. The van der Waals surface area contributed by atoms with Crippen LogP contribution in [0.15, 0.2) is 6.07 Å². The van der Waals surface area contributed by atoms with Gasteiger partial charge in [0.25, 0.3) is 0 Å². The molecule has 0 radical (unpaired) electrons. The lowest BCUT2D eigenvalue weighted by Crippen LogP contribution is -2.21. The summed E-state index contributed by atoms with van der Waals surface area (Å²) in [4.78, 5) is 3.70. The Balaban J connectivity index is 2.07. The van der Waals surface area contributed by atoms with Crippen LogP contribution in [0.25, 0.3) is 0 Å². The number of nitrogens with two attached hydrogens (primary N) is 1. The second-order valence-corrected chi connectivity index (χ2v) is 4.61. The van der Waals surface area contributed by atoms with E-state index in [1.807, 2.05) is 6.92 Å². The highest BCUT2D eigenvalue weighted by molar-refractivity contribution is 5.45. The SMILES string of the molecule is CCC(CC1CC1)Nc1nc(N)c(F)cc1F. The van der Waals surface area contributed by atoms with Gasteiger partial charge in [-0.2, -0.15) is 0 Å². The zero-order chi connectivity index (χ0) is 12.4. The predicted molar refractivity (Wildman–Crippen MR) is 63.6 cm³/mol. The zero-order valence-corrected chi connectivity index (χ0v) is 9.84. The molecule has 94 valence electrons. The molecule has 1 aliphatic carbocycles. The molecule has 1 aliphatic rings. The molecule has 0 bridgehead atoms. The summed E-state index contributed by atoms with van der Waals surface area (Å²) in [6.45, 7) is 2.03. The molecule has 1 unspecified atom stereocenters. The van der Waals surface area contributed by atoms with Crippen LogP contribution in [-0.4, -0.2) is 11.0 Å². The topological polar surface area (TPSA) is 50.9 Å². The average molecular weight is 241 g/mol. The molecule has 17 heavy (non-hydrogen) atoms. The van der Waals surface area contributed by atoms with E-state index >= 15 is 0 Å². The summed E-state index contributed by atoms with van der Waals surface area (Å²) in [5.41, 5.74) is 5.33. The standard InChI is InChI=1S/C12H17F2N3/c1-2-8(5-7-3-4-7)16-12-10(14)6-9(13)11(15)17-12/h6-8H,2-5H2,1H3,(H3,15,16,17). The van der Waals surface area contributed by atoms with Gasteiger partial charge < -0.3 is 11.1 Å². The van der Waals surface area contributed by atoms with E-state index in [1.165, 1.54) is 12.8 Å². The Kier molecular flexibility index (Phi) is 3.45. The van der Waals surface area contributed by atoms with Crippen LogP contribution >= 0.6 is 0 Å². The van der Waals surface area contributed by atoms with Crippen LogP contribution in [0.1, 0.15) is 32.6 Å². The lowest BCUT2D eigenvalue weighted by atomic mass is 10.1. The van der Waals surface area contributed by atoms with Gasteiger partial charge in [0.1, 0.15) is 0 Å². The second kappa shape index (κ2) is 4.85. The molecule has 0 aliphatic heterocycles. The van der Waals surface area contributed by atoms with E-state index < -0.39 is 11.6 Å². The number of nitrogens with zero attached hydrogens (tertiary/aromatic N) is 1. The van der Waals surface area contributed by atoms with Crippen LogP contribution < -0.4 is 11.1 Å². The third kappa shape index (κ3) is 3.05. The van der Waals surface area contributed by atoms with E-state index in [0.29, 0.717) is 0 Å². The van der Waals surface area contributed by atoms with E-state index in [0.717, 1.165) is 24.8 Å². The minimum Gasteiger partial charge on any atom is -0.381 e. The van der Waals surface area contributed by atoms with Crippen molar-refractivity contribution < 1.29 is 8.78 Å². The number of rotatable bonds is 5. The molecule has 0 amide bonds. The van der Waals surface area contributed by atoms with E-state index in [1.54, 1.807) is 0 Å². The van der Waals surface area contributed by atoms with Crippen molar-refractivity contribution in [3.8, 4) is 0 Å². The molecular weight excluding hydrogens is 224 g/mol. The average Bonchev–Trinajstić information content (AvgIpc) is 3.08. The maximum atomic E-state index is 13.5. The molecule has 0 aromatic carbocycles. The van der Waals surface area contributed by atoms with Crippen molar-refractivity contribution in [1.82, 2.24) is 4.98 Å². The van der Waals surface area contributed by atoms with Gasteiger partial charge in [0.15, 0.2) is 23.3 Å². The molecule has 1 fully saturated rings. The summed E-state index contributed by atoms with van der Waals surface area (Å²) in [5.74, 6) is -0.978. The maximum absolute atomic E-state index is 13.5. The minimum absolute atomic E-state index is 0.0522. The van der Waals surface area contributed by atoms with Crippen LogP contribution in [0.3, 0.4) is 0 Å². The van der Waals surface area contributed by atoms with Gasteiger partial charge in [0, 0.05) is 12.1 Å². The van der Waals surface area contributed by atoms with Gasteiger partial charge in [-0.1, -0.05) is 19.8 Å². The Hall–Kier alpha value is -1.39. The molecule has 3 nitrogen and oxygen atoms in total. The Morgan fingerprint density at radius 1 is 1.47 bits per heavy atom. The zero-order valence-electron chi connectivity index (χ0n) is 9.84. The molecule has 1 heterocycles. The highest BCUT2D eigenvalue weighted by Gasteiger charge is 2.25. The molecule has 0 saturated heterocycles. The second-order valence-electron chi connectivity index (χ2n) is 4.61. The largest absolute Gasteiger partial charge is 0.381 e. The van der Waals surface area contributed by atoms with Crippen LogP contribution in [-0.2, 0) is 0 Å². The third-order valence-electron chi connectivity index (χ3n) is 3.11. The van der Waals surface area contributed by atoms with E-state index in [2.05, 4.69) is 10.3 Å². The maximum Gasteiger partial charge on any atom is 0.168 e. The molecule has 1 saturated carbocycles. The van der Waals surface area contributed by atoms with Crippen molar-refractivity contribution in [2.45, 2.75) is 38.6 Å². The van der Waals surface area contributed by atoms with Crippen molar-refractivity contribution in [2.75, 3.05) is 11.1 Å². The molecule has 2 rings (SSSR count). The summed E-state index contributed by atoms with van der Waals surface area (Å²) in [6.07, 6.45) is 4.39. The van der Waals surface area contributed by atoms with Gasteiger partial charge in [-0.15, -0.1) is 0 Å². The summed E-state index contributed by atoms with van der Waals surface area (Å²) >= 11 is 0. The lowest BCUT2D eigenvalue weighted by molar-refractivity contribution is 0.558. The van der Waals surface area contributed by atoms with Gasteiger partial charge in [-0.05, 0) is 18.8 Å². The molecule has 1 atom stereocenters. The van der Waals surface area contributed by atoms with E-state index in [4.69, 9.17) is 5.73 Å². The molecule has 1 aromatic heterocycles. The quantitative estimate of drug-likeness (QED) is 0.833. The number of aromatic nitrogens is 1. The third-order valence-corrected chi connectivity index (χ3v) is 3.11. The van der Waals surface area contributed by atoms with E-state index in [9.17, 15) is 8.78 Å². The summed E-state index contributed by atoms with van der Waals surface area (Å²) in [7, 11) is 0. The fourth-order valence-corrected chi connectivity index (χ4v) is 1.86. The number of anilines is 2. The van der Waals surface area contributed by atoms with Crippen LogP contribution in [0.5, 0.6) is 0 Å². The first-order valence-electron chi connectivity index (χ1n) is 5.98.